The molecular formula is C8H21N3. The summed E-state index contributed by atoms with van der Waals surface area (Å²) in [6.45, 7) is 0.803. The first-order valence-electron chi connectivity index (χ1n) is 4.30. The number of nitrogens with two attached hydrogens (primary N) is 2. The molecule has 3 heteroatoms. The summed E-state index contributed by atoms with van der Waals surface area (Å²) in [5.41, 5.74) is 11.2. The summed E-state index contributed by atoms with van der Waals surface area (Å²) in [6.07, 6.45) is 4.81. The van der Waals surface area contributed by atoms with E-state index in [9.17, 15) is 0 Å². The van der Waals surface area contributed by atoms with Crippen LogP contribution in [-0.2, 0) is 0 Å². The third-order valence-electron chi connectivity index (χ3n) is 1.87. The number of hydrogen-bond donors (Lipinski definition) is 2. The molecule has 0 bridgehead atoms. The van der Waals surface area contributed by atoms with E-state index in [4.69, 9.17) is 11.5 Å². The van der Waals surface area contributed by atoms with Gasteiger partial charge in [0.2, 0.25) is 0 Å². The van der Waals surface area contributed by atoms with Crippen molar-refractivity contribution in [1.29, 1.82) is 0 Å². The SMILES string of the molecule is CN(C)C(N)CCCCCN. The van der Waals surface area contributed by atoms with Crippen molar-refractivity contribution in [1.82, 2.24) is 4.90 Å². The van der Waals surface area contributed by atoms with E-state index in [0.717, 1.165) is 19.4 Å². The molecule has 0 saturated heterocycles. The van der Waals surface area contributed by atoms with Crippen LogP contribution < -0.4 is 11.5 Å². The first-order chi connectivity index (χ1) is 5.18. The maximum Gasteiger partial charge on any atom is 0.0566 e. The Labute approximate surface area is 69.7 Å². The highest BCUT2D eigenvalue weighted by Crippen LogP contribution is 2.02. The molecule has 0 aliphatic carbocycles. The lowest BCUT2D eigenvalue weighted by Crippen LogP contribution is -2.36. The van der Waals surface area contributed by atoms with Crippen LogP contribution in [0.4, 0.5) is 0 Å². The molecule has 0 spiro atoms. The molecule has 0 heterocycles. The molecule has 0 radical (unpaired) electrons. The van der Waals surface area contributed by atoms with Crippen LogP contribution in [0, 0.1) is 0 Å². The molecule has 1 atom stereocenters. The van der Waals surface area contributed by atoms with Gasteiger partial charge in [-0.05, 0) is 33.5 Å². The van der Waals surface area contributed by atoms with Gasteiger partial charge >= 0.3 is 0 Å². The predicted molar refractivity (Wildman–Crippen MR) is 49.2 cm³/mol. The molecule has 0 aromatic rings. The van der Waals surface area contributed by atoms with Gasteiger partial charge in [0.1, 0.15) is 0 Å². The summed E-state index contributed by atoms with van der Waals surface area (Å²) in [5.74, 6) is 0. The number of unbranched alkanes of at least 4 members (excludes halogenated alkanes) is 2. The smallest absolute Gasteiger partial charge is 0.0566 e. The molecule has 0 aromatic heterocycles. The van der Waals surface area contributed by atoms with Gasteiger partial charge in [-0.25, -0.2) is 0 Å². The topological polar surface area (TPSA) is 55.3 Å². The van der Waals surface area contributed by atoms with Gasteiger partial charge in [-0.2, -0.15) is 0 Å². The van der Waals surface area contributed by atoms with Crippen molar-refractivity contribution in [3.8, 4) is 0 Å². The first-order valence-corrected chi connectivity index (χ1v) is 4.30. The fourth-order valence-electron chi connectivity index (χ4n) is 0.933. The number of rotatable bonds is 6. The van der Waals surface area contributed by atoms with Crippen molar-refractivity contribution in [3.05, 3.63) is 0 Å². The maximum absolute atomic E-state index is 5.79. The zero-order chi connectivity index (χ0) is 8.69. The minimum absolute atomic E-state index is 0.216. The van der Waals surface area contributed by atoms with Crippen molar-refractivity contribution < 1.29 is 0 Å². The van der Waals surface area contributed by atoms with Crippen molar-refractivity contribution in [2.24, 2.45) is 11.5 Å². The lowest BCUT2D eigenvalue weighted by Gasteiger charge is -2.18. The molecule has 0 amide bonds. The fraction of sp³-hybridized carbons (Fsp3) is 1.00. The van der Waals surface area contributed by atoms with Gasteiger partial charge in [0.25, 0.3) is 0 Å². The van der Waals surface area contributed by atoms with Crippen LogP contribution in [0.15, 0.2) is 0 Å². The van der Waals surface area contributed by atoms with Gasteiger partial charge in [0, 0.05) is 0 Å². The highest BCUT2D eigenvalue weighted by molar-refractivity contribution is 4.57. The average molecular weight is 159 g/mol. The molecule has 4 N–H and O–H groups in total. The Morgan fingerprint density at radius 2 is 1.82 bits per heavy atom. The lowest BCUT2D eigenvalue weighted by atomic mass is 10.1. The standard InChI is InChI=1S/C8H21N3/c1-11(2)8(10)6-4-3-5-7-9/h8H,3-7,9-10H2,1-2H3. The van der Waals surface area contributed by atoms with E-state index in [1.165, 1.54) is 12.8 Å². The van der Waals surface area contributed by atoms with Crippen molar-refractivity contribution in [3.63, 3.8) is 0 Å². The number of hydrogen-bond acceptors (Lipinski definition) is 3. The van der Waals surface area contributed by atoms with Crippen molar-refractivity contribution in [2.45, 2.75) is 31.8 Å². The summed E-state index contributed by atoms with van der Waals surface area (Å²) in [5, 5.41) is 0. The second-order valence-electron chi connectivity index (χ2n) is 3.17. The third kappa shape index (κ3) is 6.28. The van der Waals surface area contributed by atoms with Crippen LogP contribution in [0.25, 0.3) is 0 Å². The van der Waals surface area contributed by atoms with Gasteiger partial charge in [-0.15, -0.1) is 0 Å². The van der Waals surface area contributed by atoms with Gasteiger partial charge in [-0.1, -0.05) is 12.8 Å². The van der Waals surface area contributed by atoms with Crippen LogP contribution in [0.3, 0.4) is 0 Å². The Kier molecular flexibility index (Phi) is 6.51. The molecular weight excluding hydrogens is 138 g/mol. The highest BCUT2D eigenvalue weighted by atomic mass is 15.2. The van der Waals surface area contributed by atoms with E-state index in [1.807, 2.05) is 19.0 Å². The second kappa shape index (κ2) is 6.58. The molecule has 1 unspecified atom stereocenters. The van der Waals surface area contributed by atoms with Gasteiger partial charge in [0.05, 0.1) is 6.17 Å². The monoisotopic (exact) mass is 159 g/mol. The van der Waals surface area contributed by atoms with Crippen LogP contribution in [0.5, 0.6) is 0 Å². The zero-order valence-electron chi connectivity index (χ0n) is 7.71. The Morgan fingerprint density at radius 3 is 2.27 bits per heavy atom. The van der Waals surface area contributed by atoms with Crippen LogP contribution >= 0.6 is 0 Å². The van der Waals surface area contributed by atoms with E-state index in [2.05, 4.69) is 0 Å². The summed E-state index contributed by atoms with van der Waals surface area (Å²) in [7, 11) is 4.02. The Hall–Kier alpha value is -0.120. The quantitative estimate of drug-likeness (QED) is 0.434. The largest absolute Gasteiger partial charge is 0.330 e. The van der Waals surface area contributed by atoms with E-state index in [-0.39, 0.29) is 6.17 Å². The molecule has 0 aliphatic rings. The minimum Gasteiger partial charge on any atom is -0.330 e. The molecule has 0 aromatic carbocycles. The summed E-state index contributed by atoms with van der Waals surface area (Å²) in [4.78, 5) is 2.04. The van der Waals surface area contributed by atoms with Crippen molar-refractivity contribution >= 4 is 0 Å². The molecule has 0 aliphatic heterocycles. The molecule has 3 nitrogen and oxygen atoms in total. The van der Waals surface area contributed by atoms with Crippen LogP contribution in [-0.4, -0.2) is 31.7 Å². The van der Waals surface area contributed by atoms with Crippen LogP contribution in [0.1, 0.15) is 25.7 Å². The number of nitrogens with zero attached hydrogens (tertiary/aromatic N) is 1. The summed E-state index contributed by atoms with van der Waals surface area (Å²) in [6, 6.07) is 0. The van der Waals surface area contributed by atoms with E-state index in [0.29, 0.717) is 0 Å². The van der Waals surface area contributed by atoms with Gasteiger partial charge in [0.15, 0.2) is 0 Å². The van der Waals surface area contributed by atoms with E-state index >= 15 is 0 Å². The molecule has 0 fully saturated rings. The van der Waals surface area contributed by atoms with E-state index < -0.39 is 0 Å². The minimum atomic E-state index is 0.216. The van der Waals surface area contributed by atoms with Gasteiger partial charge < -0.3 is 11.5 Å². The fourth-order valence-corrected chi connectivity index (χ4v) is 0.933. The predicted octanol–water partition coefficient (Wildman–Crippen LogP) is 0.352. The normalized spacial score (nSPS) is 13.9. The third-order valence-corrected chi connectivity index (χ3v) is 1.87. The second-order valence-corrected chi connectivity index (χ2v) is 3.17. The highest BCUT2D eigenvalue weighted by Gasteiger charge is 2.02. The summed E-state index contributed by atoms with van der Waals surface area (Å²) >= 11 is 0. The lowest BCUT2D eigenvalue weighted by molar-refractivity contribution is 0.279. The zero-order valence-corrected chi connectivity index (χ0v) is 7.71. The maximum atomic E-state index is 5.79. The first kappa shape index (κ1) is 10.9. The Morgan fingerprint density at radius 1 is 1.18 bits per heavy atom. The molecule has 68 valence electrons. The molecule has 0 saturated carbocycles. The van der Waals surface area contributed by atoms with Crippen molar-refractivity contribution in [2.75, 3.05) is 20.6 Å². The molecule has 11 heavy (non-hydrogen) atoms. The molecule has 0 rings (SSSR count). The van der Waals surface area contributed by atoms with Crippen LogP contribution in [0.2, 0.25) is 0 Å². The Balaban J connectivity index is 3.10. The summed E-state index contributed by atoms with van der Waals surface area (Å²) < 4.78 is 0. The Bertz CT molecular complexity index is 83.4. The van der Waals surface area contributed by atoms with Gasteiger partial charge in [-0.3, -0.25) is 4.90 Å². The van der Waals surface area contributed by atoms with E-state index in [1.54, 1.807) is 0 Å². The average Bonchev–Trinajstić information content (AvgIpc) is 1.97.